The minimum atomic E-state index is -0.499. The quantitative estimate of drug-likeness (QED) is 0.399. The van der Waals surface area contributed by atoms with Gasteiger partial charge in [-0.15, -0.1) is 10.2 Å². The Morgan fingerprint density at radius 2 is 1.84 bits per heavy atom. The summed E-state index contributed by atoms with van der Waals surface area (Å²) in [6, 6.07) is 11.5. The second-order valence-electron chi connectivity index (χ2n) is 4.89. The largest absolute Gasteiger partial charge is 0.493 e. The standard InChI is InChI=1S/C17H13ClN4O3/c1-24-16-8-12(9-21-22-10-19-20-11-22)2-7-15(16)25-17(23)13-3-5-14(18)6-4-13/h2-11H,1H3/b21-9+. The number of nitrogens with zero attached hydrogens (tertiary/aromatic N) is 4. The van der Waals surface area contributed by atoms with E-state index in [2.05, 4.69) is 15.3 Å². The van der Waals surface area contributed by atoms with E-state index in [1.807, 2.05) is 0 Å². The number of ether oxygens (including phenoxy) is 2. The topological polar surface area (TPSA) is 78.6 Å². The molecule has 7 nitrogen and oxygen atoms in total. The number of halogens is 1. The molecule has 1 aromatic heterocycles. The highest BCUT2D eigenvalue weighted by atomic mass is 35.5. The number of hydrogen-bond acceptors (Lipinski definition) is 6. The van der Waals surface area contributed by atoms with Crippen LogP contribution in [0.15, 0.2) is 60.2 Å². The van der Waals surface area contributed by atoms with Crippen LogP contribution < -0.4 is 9.47 Å². The van der Waals surface area contributed by atoms with Gasteiger partial charge < -0.3 is 9.47 Å². The predicted molar refractivity (Wildman–Crippen MR) is 92.4 cm³/mol. The third-order valence-electron chi connectivity index (χ3n) is 3.22. The highest BCUT2D eigenvalue weighted by Gasteiger charge is 2.12. The van der Waals surface area contributed by atoms with Gasteiger partial charge in [0, 0.05) is 5.02 Å². The fraction of sp³-hybridized carbons (Fsp3) is 0.0588. The number of aromatic nitrogens is 3. The van der Waals surface area contributed by atoms with Crippen molar-refractivity contribution >= 4 is 23.8 Å². The zero-order valence-electron chi connectivity index (χ0n) is 13.2. The molecule has 0 atom stereocenters. The van der Waals surface area contributed by atoms with Gasteiger partial charge in [-0.1, -0.05) is 11.6 Å². The summed E-state index contributed by atoms with van der Waals surface area (Å²) in [5.41, 5.74) is 1.15. The van der Waals surface area contributed by atoms with E-state index in [-0.39, 0.29) is 0 Å². The average Bonchev–Trinajstić information content (AvgIpc) is 3.15. The van der Waals surface area contributed by atoms with Gasteiger partial charge in [-0.2, -0.15) is 5.10 Å². The van der Waals surface area contributed by atoms with E-state index in [9.17, 15) is 4.79 Å². The smallest absolute Gasteiger partial charge is 0.343 e. The lowest BCUT2D eigenvalue weighted by molar-refractivity contribution is 0.0729. The van der Waals surface area contributed by atoms with Gasteiger partial charge in [0.25, 0.3) is 0 Å². The van der Waals surface area contributed by atoms with Crippen molar-refractivity contribution in [1.29, 1.82) is 0 Å². The minimum absolute atomic E-state index is 0.309. The first-order chi connectivity index (χ1) is 12.2. The highest BCUT2D eigenvalue weighted by Crippen LogP contribution is 2.28. The van der Waals surface area contributed by atoms with Crippen LogP contribution in [-0.2, 0) is 0 Å². The fourth-order valence-corrected chi connectivity index (χ4v) is 2.11. The molecule has 0 saturated heterocycles. The molecule has 0 unspecified atom stereocenters. The number of esters is 1. The van der Waals surface area contributed by atoms with Crippen LogP contribution in [0.25, 0.3) is 0 Å². The van der Waals surface area contributed by atoms with E-state index < -0.39 is 5.97 Å². The Bertz CT molecular complexity index is 893. The van der Waals surface area contributed by atoms with E-state index in [1.165, 1.54) is 24.4 Å². The molecule has 8 heteroatoms. The first-order valence-electron chi connectivity index (χ1n) is 7.20. The number of rotatable bonds is 5. The lowest BCUT2D eigenvalue weighted by Gasteiger charge is -2.10. The van der Waals surface area contributed by atoms with Crippen LogP contribution in [0.4, 0.5) is 0 Å². The minimum Gasteiger partial charge on any atom is -0.493 e. The van der Waals surface area contributed by atoms with Gasteiger partial charge in [0.2, 0.25) is 0 Å². The molecule has 0 spiro atoms. The van der Waals surface area contributed by atoms with Crippen molar-refractivity contribution in [1.82, 2.24) is 14.9 Å². The summed E-state index contributed by atoms with van der Waals surface area (Å²) < 4.78 is 12.1. The maximum Gasteiger partial charge on any atom is 0.343 e. The summed E-state index contributed by atoms with van der Waals surface area (Å²) in [5, 5.41) is 12.0. The third-order valence-corrected chi connectivity index (χ3v) is 3.47. The predicted octanol–water partition coefficient (Wildman–Crippen LogP) is 3.04. The molecule has 0 aliphatic heterocycles. The second-order valence-corrected chi connectivity index (χ2v) is 5.33. The molecule has 0 saturated carbocycles. The zero-order valence-corrected chi connectivity index (χ0v) is 13.9. The third kappa shape index (κ3) is 4.21. The van der Waals surface area contributed by atoms with Crippen molar-refractivity contribution in [2.24, 2.45) is 5.10 Å². The SMILES string of the molecule is COc1cc(/C=N/n2cnnc2)ccc1OC(=O)c1ccc(Cl)cc1. The monoisotopic (exact) mass is 356 g/mol. The molecule has 0 radical (unpaired) electrons. The van der Waals surface area contributed by atoms with Crippen LogP contribution in [-0.4, -0.2) is 34.2 Å². The lowest BCUT2D eigenvalue weighted by atomic mass is 10.2. The van der Waals surface area contributed by atoms with Gasteiger partial charge in [-0.25, -0.2) is 9.47 Å². The molecule has 0 aliphatic carbocycles. The van der Waals surface area contributed by atoms with Crippen LogP contribution >= 0.6 is 11.6 Å². The molecule has 2 aromatic carbocycles. The Balaban J connectivity index is 1.77. The van der Waals surface area contributed by atoms with Crippen LogP contribution in [0.5, 0.6) is 11.5 Å². The normalized spacial score (nSPS) is 10.8. The highest BCUT2D eigenvalue weighted by molar-refractivity contribution is 6.30. The Morgan fingerprint density at radius 1 is 1.12 bits per heavy atom. The van der Waals surface area contributed by atoms with Gasteiger partial charge in [0.05, 0.1) is 18.9 Å². The van der Waals surface area contributed by atoms with E-state index >= 15 is 0 Å². The molecule has 0 aliphatic rings. The first-order valence-corrected chi connectivity index (χ1v) is 7.58. The molecule has 126 valence electrons. The molecule has 0 N–H and O–H groups in total. The summed E-state index contributed by atoms with van der Waals surface area (Å²) in [6.07, 6.45) is 4.54. The van der Waals surface area contributed by atoms with Crippen molar-refractivity contribution in [2.75, 3.05) is 7.11 Å². The number of carbonyl (C=O) groups excluding carboxylic acids is 1. The summed E-state index contributed by atoms with van der Waals surface area (Å²) >= 11 is 5.81. The van der Waals surface area contributed by atoms with Crippen molar-refractivity contribution in [3.8, 4) is 11.5 Å². The molecule has 1 heterocycles. The van der Waals surface area contributed by atoms with Gasteiger partial charge >= 0.3 is 5.97 Å². The molecule has 25 heavy (non-hydrogen) atoms. The molecule has 0 amide bonds. The molecule has 0 bridgehead atoms. The Morgan fingerprint density at radius 3 is 2.52 bits per heavy atom. The van der Waals surface area contributed by atoms with Gasteiger partial charge in [0.1, 0.15) is 12.7 Å². The van der Waals surface area contributed by atoms with Crippen LogP contribution in [0.2, 0.25) is 5.02 Å². The van der Waals surface area contributed by atoms with Crippen molar-refractivity contribution < 1.29 is 14.3 Å². The molecule has 3 rings (SSSR count). The van der Waals surface area contributed by atoms with E-state index in [4.69, 9.17) is 21.1 Å². The van der Waals surface area contributed by atoms with Gasteiger partial charge in [0.15, 0.2) is 11.5 Å². The number of benzene rings is 2. The lowest BCUT2D eigenvalue weighted by Crippen LogP contribution is -2.09. The fourth-order valence-electron chi connectivity index (χ4n) is 1.98. The maximum absolute atomic E-state index is 12.2. The number of carbonyl (C=O) groups is 1. The van der Waals surface area contributed by atoms with Crippen molar-refractivity contribution in [2.45, 2.75) is 0 Å². The molecule has 0 fully saturated rings. The van der Waals surface area contributed by atoms with Crippen LogP contribution in [0.1, 0.15) is 15.9 Å². The molecular formula is C17H13ClN4O3. The molecular weight excluding hydrogens is 344 g/mol. The Kier molecular flexibility index (Phi) is 5.06. The maximum atomic E-state index is 12.2. The van der Waals surface area contributed by atoms with E-state index in [0.29, 0.717) is 22.1 Å². The van der Waals surface area contributed by atoms with Crippen molar-refractivity contribution in [3.05, 3.63) is 71.3 Å². The van der Waals surface area contributed by atoms with Crippen LogP contribution in [0, 0.1) is 0 Å². The molecule has 3 aromatic rings. The van der Waals surface area contributed by atoms with E-state index in [0.717, 1.165) is 5.56 Å². The van der Waals surface area contributed by atoms with Crippen molar-refractivity contribution in [3.63, 3.8) is 0 Å². The average molecular weight is 357 g/mol. The first kappa shape index (κ1) is 16.7. The Labute approximate surface area is 148 Å². The summed E-state index contributed by atoms with van der Waals surface area (Å²) in [7, 11) is 1.50. The second kappa shape index (κ2) is 7.59. The summed E-state index contributed by atoms with van der Waals surface area (Å²) in [5.74, 6) is 0.222. The zero-order chi connectivity index (χ0) is 17.6. The van der Waals surface area contributed by atoms with Gasteiger partial charge in [-0.05, 0) is 48.0 Å². The summed E-state index contributed by atoms with van der Waals surface area (Å²) in [4.78, 5) is 12.2. The summed E-state index contributed by atoms with van der Waals surface area (Å²) in [6.45, 7) is 0. The Hall–Kier alpha value is -3.19. The van der Waals surface area contributed by atoms with Gasteiger partial charge in [-0.3, -0.25) is 0 Å². The van der Waals surface area contributed by atoms with Crippen LogP contribution in [0.3, 0.4) is 0 Å². The van der Waals surface area contributed by atoms with E-state index in [1.54, 1.807) is 48.7 Å². The number of methoxy groups -OCH3 is 1. The number of hydrogen-bond donors (Lipinski definition) is 0.